The quantitative estimate of drug-likeness (QED) is 0.584. The molecule has 2 heterocycles. The normalized spacial score (nSPS) is 19.2. The third-order valence-electron chi connectivity index (χ3n) is 3.36. The van der Waals surface area contributed by atoms with Crippen LogP contribution in [0, 0.1) is 5.82 Å². The van der Waals surface area contributed by atoms with E-state index in [0.717, 1.165) is 36.0 Å². The van der Waals surface area contributed by atoms with Gasteiger partial charge >= 0.3 is 0 Å². The summed E-state index contributed by atoms with van der Waals surface area (Å²) in [6.07, 6.45) is 2.81. The molecule has 0 aliphatic carbocycles. The zero-order valence-electron chi connectivity index (χ0n) is 10.9. The first-order valence-corrected chi connectivity index (χ1v) is 8.23. The van der Waals surface area contributed by atoms with Gasteiger partial charge in [0.2, 0.25) is 0 Å². The molecule has 0 N–H and O–H groups in total. The molecule has 20 heavy (non-hydrogen) atoms. The number of alkyl halides is 1. The largest absolute Gasteiger partial charge is 0.464 e. The lowest BCUT2D eigenvalue weighted by Gasteiger charge is -2.24. The summed E-state index contributed by atoms with van der Waals surface area (Å²) in [4.78, 5) is 4.34. The minimum Gasteiger partial charge on any atom is -0.464 e. The van der Waals surface area contributed by atoms with Crippen molar-refractivity contribution in [2.24, 2.45) is 0 Å². The van der Waals surface area contributed by atoms with Crippen LogP contribution in [0.15, 0.2) is 24.3 Å². The van der Waals surface area contributed by atoms with Gasteiger partial charge in [-0.3, -0.25) is 0 Å². The Bertz CT molecular complexity index is 614. The van der Waals surface area contributed by atoms with Gasteiger partial charge in [0.1, 0.15) is 17.1 Å². The van der Waals surface area contributed by atoms with Gasteiger partial charge in [-0.2, -0.15) is 0 Å². The molecule has 1 fully saturated rings. The molecular weight excluding hydrogens is 372 g/mol. The molecule has 3 rings (SSSR count). The molecule has 1 aromatic carbocycles. The minimum absolute atomic E-state index is 0.235. The Morgan fingerprint density at radius 2 is 2.20 bits per heavy atom. The highest BCUT2D eigenvalue weighted by Crippen LogP contribution is 2.29. The van der Waals surface area contributed by atoms with E-state index in [2.05, 4.69) is 27.6 Å². The van der Waals surface area contributed by atoms with Crippen LogP contribution in [0.5, 0.6) is 5.75 Å². The molecule has 1 unspecified atom stereocenters. The molecule has 2 aromatic rings. The molecule has 106 valence electrons. The second kappa shape index (κ2) is 6.22. The third kappa shape index (κ3) is 2.88. The molecule has 1 atom stereocenters. The number of rotatable bonds is 3. The van der Waals surface area contributed by atoms with E-state index < -0.39 is 0 Å². The van der Waals surface area contributed by atoms with Crippen LogP contribution in [0.4, 0.5) is 4.39 Å². The summed E-state index contributed by atoms with van der Waals surface area (Å²) in [5, 5.41) is 0.702. The summed E-state index contributed by atoms with van der Waals surface area (Å²) in [6, 6.07) is 6.84. The maximum atomic E-state index is 13.9. The van der Waals surface area contributed by atoms with Gasteiger partial charge in [-0.1, -0.05) is 22.6 Å². The Morgan fingerprint density at radius 3 is 2.95 bits per heavy atom. The van der Waals surface area contributed by atoms with Crippen LogP contribution < -0.4 is 4.74 Å². The number of halogens is 2. The van der Waals surface area contributed by atoms with Gasteiger partial charge in [0.15, 0.2) is 6.29 Å². The Hall–Kier alpha value is -0.950. The molecule has 1 aliphatic rings. The van der Waals surface area contributed by atoms with Crippen molar-refractivity contribution in [1.29, 1.82) is 0 Å². The Balaban J connectivity index is 1.96. The van der Waals surface area contributed by atoms with E-state index in [4.69, 9.17) is 9.47 Å². The van der Waals surface area contributed by atoms with Crippen molar-refractivity contribution < 1.29 is 13.9 Å². The van der Waals surface area contributed by atoms with Gasteiger partial charge in [0.05, 0.1) is 12.3 Å². The number of benzene rings is 1. The van der Waals surface area contributed by atoms with Crippen molar-refractivity contribution in [2.45, 2.75) is 30.0 Å². The fraction of sp³-hybridized carbons (Fsp3) is 0.400. The minimum atomic E-state index is -0.316. The number of ether oxygens (including phenoxy) is 2. The predicted octanol–water partition coefficient (Wildman–Crippen LogP) is 4.21. The maximum Gasteiger partial charge on any atom is 0.199 e. The van der Waals surface area contributed by atoms with Gasteiger partial charge in [0, 0.05) is 16.2 Å². The average molecular weight is 387 g/mol. The van der Waals surface area contributed by atoms with Gasteiger partial charge < -0.3 is 9.47 Å². The Labute approximate surface area is 130 Å². The first-order valence-electron chi connectivity index (χ1n) is 6.70. The van der Waals surface area contributed by atoms with Crippen molar-refractivity contribution >= 4 is 33.5 Å². The molecule has 5 heteroatoms. The smallest absolute Gasteiger partial charge is 0.199 e. The second-order valence-electron chi connectivity index (χ2n) is 4.79. The van der Waals surface area contributed by atoms with Gasteiger partial charge in [-0.15, -0.1) is 0 Å². The van der Waals surface area contributed by atoms with Crippen molar-refractivity contribution in [3.8, 4) is 5.75 Å². The first-order chi connectivity index (χ1) is 9.78. The van der Waals surface area contributed by atoms with Crippen molar-refractivity contribution in [3.05, 3.63) is 35.8 Å². The van der Waals surface area contributed by atoms with E-state index in [1.54, 1.807) is 6.07 Å². The standard InChI is InChI=1S/C15H15FINO2/c16-12-6-7-13(20-14-3-1-2-8-19-14)11-5-4-10(9-17)18-15(11)12/h4-7,14H,1-3,8-9H2. The van der Waals surface area contributed by atoms with Crippen LogP contribution in [0.2, 0.25) is 0 Å². The zero-order chi connectivity index (χ0) is 13.9. The summed E-state index contributed by atoms with van der Waals surface area (Å²) in [5.74, 6) is 0.324. The lowest BCUT2D eigenvalue weighted by molar-refractivity contribution is -0.105. The van der Waals surface area contributed by atoms with Crippen molar-refractivity contribution in [1.82, 2.24) is 4.98 Å². The highest BCUT2D eigenvalue weighted by atomic mass is 127. The molecule has 0 spiro atoms. The first kappa shape index (κ1) is 14.0. The van der Waals surface area contributed by atoms with E-state index in [1.807, 2.05) is 12.1 Å². The summed E-state index contributed by atoms with van der Waals surface area (Å²) in [5.41, 5.74) is 1.23. The fourth-order valence-electron chi connectivity index (χ4n) is 2.32. The van der Waals surface area contributed by atoms with Crippen LogP contribution in [0.25, 0.3) is 10.9 Å². The molecule has 1 aromatic heterocycles. The van der Waals surface area contributed by atoms with E-state index >= 15 is 0 Å². The average Bonchev–Trinajstić information content (AvgIpc) is 2.51. The number of nitrogens with zero attached hydrogens (tertiary/aromatic N) is 1. The third-order valence-corrected chi connectivity index (χ3v) is 4.14. The maximum absolute atomic E-state index is 13.9. The number of fused-ring (bicyclic) bond motifs is 1. The van der Waals surface area contributed by atoms with Crippen LogP contribution in [-0.4, -0.2) is 17.9 Å². The summed E-state index contributed by atoms with van der Waals surface area (Å²) in [7, 11) is 0. The lowest BCUT2D eigenvalue weighted by atomic mass is 10.1. The van der Waals surface area contributed by atoms with Crippen LogP contribution in [0.1, 0.15) is 25.0 Å². The summed E-state index contributed by atoms with van der Waals surface area (Å²) < 4.78 is 26.1. The van der Waals surface area contributed by atoms with Gasteiger partial charge in [0.25, 0.3) is 0 Å². The monoisotopic (exact) mass is 387 g/mol. The van der Waals surface area contributed by atoms with Crippen LogP contribution in [0.3, 0.4) is 0 Å². The van der Waals surface area contributed by atoms with Crippen LogP contribution >= 0.6 is 22.6 Å². The Kier molecular flexibility index (Phi) is 4.35. The number of hydrogen-bond acceptors (Lipinski definition) is 3. The zero-order valence-corrected chi connectivity index (χ0v) is 13.1. The summed E-state index contributed by atoms with van der Waals surface area (Å²) in [6.45, 7) is 0.723. The van der Waals surface area contributed by atoms with E-state index in [-0.39, 0.29) is 12.1 Å². The molecule has 3 nitrogen and oxygen atoms in total. The predicted molar refractivity (Wildman–Crippen MR) is 83.6 cm³/mol. The Morgan fingerprint density at radius 1 is 1.30 bits per heavy atom. The number of hydrogen-bond donors (Lipinski definition) is 0. The van der Waals surface area contributed by atoms with E-state index in [1.165, 1.54) is 6.07 Å². The molecule has 0 bridgehead atoms. The summed E-state index contributed by atoms with van der Waals surface area (Å²) >= 11 is 2.21. The molecule has 0 amide bonds. The van der Waals surface area contributed by atoms with Crippen LogP contribution in [-0.2, 0) is 9.16 Å². The second-order valence-corrected chi connectivity index (χ2v) is 5.55. The van der Waals surface area contributed by atoms with Crippen molar-refractivity contribution in [3.63, 3.8) is 0 Å². The molecule has 1 saturated heterocycles. The SMILES string of the molecule is Fc1ccc(OC2CCCCO2)c2ccc(CI)nc12. The number of pyridine rings is 1. The van der Waals surface area contributed by atoms with Gasteiger partial charge in [-0.05, 0) is 37.1 Å². The van der Waals surface area contributed by atoms with Gasteiger partial charge in [-0.25, -0.2) is 9.37 Å². The molecule has 1 aliphatic heterocycles. The highest BCUT2D eigenvalue weighted by molar-refractivity contribution is 14.1. The molecular formula is C15H15FINO2. The fourth-order valence-corrected chi connectivity index (χ4v) is 2.75. The van der Waals surface area contributed by atoms with Crippen molar-refractivity contribution in [2.75, 3.05) is 6.61 Å². The number of aromatic nitrogens is 1. The van der Waals surface area contributed by atoms with E-state index in [9.17, 15) is 4.39 Å². The molecule has 0 saturated carbocycles. The molecule has 0 radical (unpaired) electrons. The topological polar surface area (TPSA) is 31.4 Å². The highest BCUT2D eigenvalue weighted by Gasteiger charge is 2.17. The lowest BCUT2D eigenvalue weighted by Crippen LogP contribution is -2.25. The van der Waals surface area contributed by atoms with E-state index in [0.29, 0.717) is 16.7 Å².